The van der Waals surface area contributed by atoms with E-state index >= 15 is 0 Å². The van der Waals surface area contributed by atoms with Crippen LogP contribution < -0.4 is 20.3 Å². The summed E-state index contributed by atoms with van der Waals surface area (Å²) in [5, 5.41) is 12.2. The Kier molecular flexibility index (Phi) is 14.2. The molecule has 1 saturated heterocycles. The second-order valence-corrected chi connectivity index (χ2v) is 17.2. The summed E-state index contributed by atoms with van der Waals surface area (Å²) in [5.41, 5.74) is 1.17. The molecule has 5 aromatic rings. The van der Waals surface area contributed by atoms with Crippen molar-refractivity contribution in [1.82, 2.24) is 24.2 Å². The highest BCUT2D eigenvalue weighted by atomic mass is 31.2. The number of carbonyl (C=O) groups is 1. The first kappa shape index (κ1) is 43.4. The number of carbonyl (C=O) groups excluding carboxylic acids is 1. The highest BCUT2D eigenvalue weighted by Crippen LogP contribution is 2.58. The number of nitriles is 1. The molecule has 3 aromatic carbocycles. The number of aromatic nitrogens is 4. The van der Waals surface area contributed by atoms with Crippen molar-refractivity contribution in [3.63, 3.8) is 0 Å². The molecule has 59 heavy (non-hydrogen) atoms. The Labute approximate surface area is 346 Å². The van der Waals surface area contributed by atoms with Crippen molar-refractivity contribution in [1.29, 1.82) is 5.26 Å². The van der Waals surface area contributed by atoms with Gasteiger partial charge in [0.1, 0.15) is 31.6 Å². The molecule has 0 spiro atoms. The Morgan fingerprint density at radius 3 is 2.10 bits per heavy atom. The van der Waals surface area contributed by atoms with E-state index in [2.05, 4.69) is 65.9 Å². The Bertz CT molecular complexity index is 2200. The third-order valence-electron chi connectivity index (χ3n) is 10.3. The van der Waals surface area contributed by atoms with Crippen LogP contribution in [0.2, 0.25) is 0 Å². The van der Waals surface area contributed by atoms with Gasteiger partial charge < -0.3 is 23.5 Å². The number of fused-ring (bicyclic) bond motifs is 1. The largest absolute Gasteiger partial charge is 0.497 e. The zero-order valence-electron chi connectivity index (χ0n) is 34.9. The molecule has 0 radical (unpaired) electrons. The SMILES string of the molecule is COc1ccc(C(OCC2C[C@@H](P(OCCC#N)N(C(C)C)C(C)C)[C@H](n3cnc4c(=O)[nH]c(NC(=O)C(C)C)nc43)O2)(c2ccccc2)c2ccc(OC)cc2)cc1. The molecular formula is C44H54N7O7P. The number of anilines is 1. The summed E-state index contributed by atoms with van der Waals surface area (Å²) in [5.74, 6) is 0.816. The fourth-order valence-electron chi connectivity index (χ4n) is 7.58. The number of imidazole rings is 1. The van der Waals surface area contributed by atoms with Gasteiger partial charge in [-0.25, -0.2) is 4.98 Å². The van der Waals surface area contributed by atoms with E-state index < -0.39 is 31.8 Å². The molecule has 312 valence electrons. The van der Waals surface area contributed by atoms with Crippen LogP contribution >= 0.6 is 8.30 Å². The summed E-state index contributed by atoms with van der Waals surface area (Å²) in [4.78, 5) is 37.9. The van der Waals surface area contributed by atoms with Gasteiger partial charge in [-0.3, -0.25) is 29.1 Å². The highest BCUT2D eigenvalue weighted by Gasteiger charge is 2.48. The maximum Gasteiger partial charge on any atom is 0.280 e. The minimum absolute atomic E-state index is 0.0162. The first-order chi connectivity index (χ1) is 28.4. The molecule has 14 nitrogen and oxygen atoms in total. The van der Waals surface area contributed by atoms with Crippen LogP contribution in [0.1, 0.15) is 77.3 Å². The summed E-state index contributed by atoms with van der Waals surface area (Å²) in [6.45, 7) is 12.4. The van der Waals surface area contributed by atoms with Crippen molar-refractivity contribution < 1.29 is 28.3 Å². The first-order valence-corrected chi connectivity index (χ1v) is 21.2. The number of nitrogens with zero attached hydrogens (tertiary/aromatic N) is 5. The standard InChI is InChI=1S/C44H54N7O7P/c1-28(2)40(52)48-43-47-39-38(41(53)49-43)46-27-50(39)42-37(59(57-24-12-23-45)51(29(3)4)30(5)6)25-36(58-42)26-56-44(31-13-10-9-11-14-31,32-15-19-34(54-7)20-16-32)33-17-21-35(55-8)22-18-33/h9-11,13-22,27-30,36-37,42H,12,24-26H2,1-8H3,(H2,47,48,49,52,53)/t36?,37-,42-,59?/m1/s1. The maximum atomic E-state index is 13.4. The van der Waals surface area contributed by atoms with Crippen molar-refractivity contribution in [3.8, 4) is 17.6 Å². The fraction of sp³-hybridized carbons (Fsp3) is 0.432. The van der Waals surface area contributed by atoms with Crippen molar-refractivity contribution in [3.05, 3.63) is 112 Å². The van der Waals surface area contributed by atoms with Gasteiger partial charge in [-0.2, -0.15) is 10.2 Å². The van der Waals surface area contributed by atoms with Crippen LogP contribution in [0.15, 0.2) is 90.0 Å². The average Bonchev–Trinajstić information content (AvgIpc) is 3.86. The molecule has 15 heteroatoms. The van der Waals surface area contributed by atoms with Gasteiger partial charge in [0, 0.05) is 18.0 Å². The van der Waals surface area contributed by atoms with Gasteiger partial charge in [-0.15, -0.1) is 0 Å². The average molecular weight is 824 g/mol. The van der Waals surface area contributed by atoms with Crippen LogP contribution in [0, 0.1) is 17.2 Å². The third kappa shape index (κ3) is 9.35. The molecule has 1 aliphatic rings. The lowest BCUT2D eigenvalue weighted by Gasteiger charge is -2.41. The second kappa shape index (κ2) is 19.3. The van der Waals surface area contributed by atoms with Crippen molar-refractivity contribution >= 4 is 31.3 Å². The van der Waals surface area contributed by atoms with E-state index in [1.807, 2.05) is 66.7 Å². The van der Waals surface area contributed by atoms with E-state index in [-0.39, 0.29) is 66.3 Å². The molecule has 0 bridgehead atoms. The van der Waals surface area contributed by atoms with Crippen molar-refractivity contribution in [2.24, 2.45) is 5.92 Å². The quantitative estimate of drug-likeness (QED) is 0.0504. The van der Waals surface area contributed by atoms with Crippen LogP contribution in [0.3, 0.4) is 0 Å². The molecule has 4 atom stereocenters. The van der Waals surface area contributed by atoms with E-state index in [1.54, 1.807) is 39.0 Å². The molecule has 6 rings (SSSR count). The number of ether oxygens (including phenoxy) is 4. The van der Waals surface area contributed by atoms with Gasteiger partial charge in [0.15, 0.2) is 11.2 Å². The third-order valence-corrected chi connectivity index (χ3v) is 13.2. The number of benzene rings is 3. The minimum atomic E-state index is -1.42. The number of hydrogen-bond donors (Lipinski definition) is 2. The number of rotatable bonds is 18. The smallest absolute Gasteiger partial charge is 0.280 e. The van der Waals surface area contributed by atoms with E-state index in [4.69, 9.17) is 28.5 Å². The van der Waals surface area contributed by atoms with E-state index in [0.29, 0.717) is 17.9 Å². The Morgan fingerprint density at radius 1 is 0.966 bits per heavy atom. The van der Waals surface area contributed by atoms with E-state index in [9.17, 15) is 14.9 Å². The predicted octanol–water partition coefficient (Wildman–Crippen LogP) is 7.76. The Balaban J connectivity index is 1.47. The van der Waals surface area contributed by atoms with Crippen molar-refractivity contribution in [2.45, 2.75) is 90.1 Å². The molecular weight excluding hydrogens is 769 g/mol. The lowest BCUT2D eigenvalue weighted by molar-refractivity contribution is -0.118. The van der Waals surface area contributed by atoms with Gasteiger partial charge in [0.05, 0.1) is 58.0 Å². The molecule has 0 aliphatic carbocycles. The summed E-state index contributed by atoms with van der Waals surface area (Å²) < 4.78 is 36.3. The van der Waals surface area contributed by atoms with Gasteiger partial charge in [-0.05, 0) is 75.1 Å². The fourth-order valence-corrected chi connectivity index (χ4v) is 10.3. The second-order valence-electron chi connectivity index (χ2n) is 15.3. The van der Waals surface area contributed by atoms with Crippen LogP contribution in [-0.2, 0) is 24.4 Å². The lowest BCUT2D eigenvalue weighted by atomic mass is 9.80. The number of hydrogen-bond acceptors (Lipinski definition) is 11. The van der Waals surface area contributed by atoms with Gasteiger partial charge in [-0.1, -0.05) is 68.4 Å². The molecule has 0 saturated carbocycles. The molecule has 3 heterocycles. The van der Waals surface area contributed by atoms with Crippen molar-refractivity contribution in [2.75, 3.05) is 32.8 Å². The summed E-state index contributed by atoms with van der Waals surface area (Å²) in [6, 6.07) is 28.2. The zero-order valence-corrected chi connectivity index (χ0v) is 35.8. The zero-order chi connectivity index (χ0) is 42.3. The molecule has 2 aromatic heterocycles. The van der Waals surface area contributed by atoms with Gasteiger partial charge in [0.2, 0.25) is 11.9 Å². The molecule has 2 unspecified atom stereocenters. The summed E-state index contributed by atoms with van der Waals surface area (Å²) in [7, 11) is 1.86. The predicted molar refractivity (Wildman–Crippen MR) is 227 cm³/mol. The van der Waals surface area contributed by atoms with Crippen LogP contribution in [-0.4, -0.2) is 81.4 Å². The number of H-pyrrole nitrogens is 1. The Morgan fingerprint density at radius 2 is 1.56 bits per heavy atom. The van der Waals surface area contributed by atoms with Crippen LogP contribution in [0.25, 0.3) is 11.2 Å². The topological polar surface area (TPSA) is 166 Å². The number of methoxy groups -OCH3 is 2. The van der Waals surface area contributed by atoms with Crippen LogP contribution in [0.5, 0.6) is 11.5 Å². The monoisotopic (exact) mass is 823 g/mol. The highest BCUT2D eigenvalue weighted by molar-refractivity contribution is 7.50. The van der Waals surface area contributed by atoms with Crippen LogP contribution in [0.4, 0.5) is 5.95 Å². The number of aromatic amines is 1. The summed E-state index contributed by atoms with van der Waals surface area (Å²) >= 11 is 0. The molecule has 1 fully saturated rings. The van der Waals surface area contributed by atoms with Gasteiger partial charge >= 0.3 is 0 Å². The molecule has 1 aliphatic heterocycles. The Hall–Kier alpha value is -5.16. The molecule has 1 amide bonds. The number of nitrogens with one attached hydrogen (secondary N) is 2. The van der Waals surface area contributed by atoms with E-state index in [1.165, 1.54) is 0 Å². The van der Waals surface area contributed by atoms with Gasteiger partial charge in [0.25, 0.3) is 5.56 Å². The first-order valence-electron chi connectivity index (χ1n) is 19.9. The lowest BCUT2D eigenvalue weighted by Crippen LogP contribution is -2.37. The number of amides is 1. The minimum Gasteiger partial charge on any atom is -0.497 e. The maximum absolute atomic E-state index is 13.4. The summed E-state index contributed by atoms with van der Waals surface area (Å²) in [6.07, 6.45) is 1.10. The normalized spacial score (nSPS) is 17.5. The molecule has 2 N–H and O–H groups in total. The van der Waals surface area contributed by atoms with E-state index in [0.717, 1.165) is 16.7 Å².